The molecule has 0 spiro atoms. The van der Waals surface area contributed by atoms with E-state index in [0.29, 0.717) is 18.0 Å². The lowest BCUT2D eigenvalue weighted by Gasteiger charge is -2.27. The molecule has 126 valence electrons. The van der Waals surface area contributed by atoms with E-state index in [-0.39, 0.29) is 0 Å². The van der Waals surface area contributed by atoms with Crippen LogP contribution in [0.3, 0.4) is 0 Å². The van der Waals surface area contributed by atoms with Gasteiger partial charge in [-0.05, 0) is 31.1 Å². The van der Waals surface area contributed by atoms with E-state index in [4.69, 9.17) is 16.3 Å². The normalized spacial score (nSPS) is 14.3. The van der Waals surface area contributed by atoms with Crippen LogP contribution >= 0.6 is 6.49 Å². The van der Waals surface area contributed by atoms with Gasteiger partial charge >= 0.3 is 0 Å². The molecule has 3 N–H and O–H groups in total. The molecule has 2 rings (SSSR count). The van der Waals surface area contributed by atoms with Crippen molar-refractivity contribution in [3.63, 3.8) is 0 Å². The summed E-state index contributed by atoms with van der Waals surface area (Å²) in [6.45, 7) is 3.48. The van der Waals surface area contributed by atoms with Crippen molar-refractivity contribution in [1.82, 2.24) is 0 Å². The van der Waals surface area contributed by atoms with E-state index in [1.54, 1.807) is 31.2 Å². The molecule has 0 fully saturated rings. The topological polar surface area (TPSA) is 59.9 Å². The van der Waals surface area contributed by atoms with Gasteiger partial charge in [-0.1, -0.05) is 73.3 Å². The smallest absolute Gasteiger partial charge is 0.107 e. The Morgan fingerprint density at radius 1 is 1.09 bits per heavy atom. The van der Waals surface area contributed by atoms with Gasteiger partial charge in [0.05, 0.1) is 0 Å². The van der Waals surface area contributed by atoms with Gasteiger partial charge in [0.15, 0.2) is 0 Å². The predicted molar refractivity (Wildman–Crippen MR) is 99.1 cm³/mol. The predicted octanol–water partition coefficient (Wildman–Crippen LogP) is 2.57. The van der Waals surface area contributed by atoms with E-state index in [9.17, 15) is 4.89 Å². The first-order valence-corrected chi connectivity index (χ1v) is 10.5. The Hall–Kier alpha value is -1.03. The third-order valence-electron chi connectivity index (χ3n) is 3.33. The fourth-order valence-electron chi connectivity index (χ4n) is 1.94. The van der Waals surface area contributed by atoms with Crippen molar-refractivity contribution in [2.75, 3.05) is 6.61 Å². The van der Waals surface area contributed by atoms with Crippen LogP contribution in [-0.4, -0.2) is 6.61 Å². The van der Waals surface area contributed by atoms with Crippen molar-refractivity contribution in [3.05, 3.63) is 65.7 Å². The maximum absolute atomic E-state index is 11.6. The Labute approximate surface area is 144 Å². The number of rotatable bonds is 5. The molecule has 1 unspecified atom stereocenters. The van der Waals surface area contributed by atoms with Crippen molar-refractivity contribution in [2.24, 2.45) is 0 Å². The van der Waals surface area contributed by atoms with Gasteiger partial charge in [0.2, 0.25) is 0 Å². The number of hydrogen-bond donors (Lipinski definition) is 1. The second-order valence-corrected chi connectivity index (χ2v) is 8.46. The van der Waals surface area contributed by atoms with Gasteiger partial charge in [0.25, 0.3) is 0 Å². The molecule has 0 saturated heterocycles. The third-order valence-corrected chi connectivity index (χ3v) is 5.81. The lowest BCUT2D eigenvalue weighted by Crippen LogP contribution is -2.51. The summed E-state index contributed by atoms with van der Waals surface area (Å²) in [6.07, 6.45) is 1.12. The fraction of sp³-hybridized carbons (Fsp3) is 0.333. The summed E-state index contributed by atoms with van der Waals surface area (Å²) >= 11 is 4.84. The van der Waals surface area contributed by atoms with Crippen LogP contribution in [0.4, 0.5) is 0 Å². The monoisotopic (exact) mass is 351 g/mol. The molecule has 2 aromatic rings. The summed E-state index contributed by atoms with van der Waals surface area (Å²) in [6, 6.07) is 18.0. The van der Waals surface area contributed by atoms with E-state index in [1.165, 1.54) is 11.1 Å². The standard InChI is InChI=1S/C10H15N.C8H11O2PS/c1-3-9-4-6-10(7-5-9)8(2)11;1-2-10-11(9,12)8-6-4-3-5-7-8/h4-8H,3,11H2,1-2H3;3-7H,2H2,1H3,(H,9,12)/t8-;/m1./s1. The Balaban J connectivity index is 0.000000231. The van der Waals surface area contributed by atoms with Crippen LogP contribution in [0.2, 0.25) is 0 Å². The Morgan fingerprint density at radius 2 is 1.65 bits per heavy atom. The third kappa shape index (κ3) is 6.94. The van der Waals surface area contributed by atoms with Gasteiger partial charge in [-0.25, -0.2) is 0 Å². The van der Waals surface area contributed by atoms with Gasteiger partial charge in [0.1, 0.15) is 6.04 Å². The SMILES string of the molecule is CCOP([O-])(=S)c1ccccc1.CCc1ccc([C@@H](C)[NH3+])cc1. The zero-order chi connectivity index (χ0) is 17.3. The zero-order valence-corrected chi connectivity index (χ0v) is 15.8. The summed E-state index contributed by atoms with van der Waals surface area (Å²) < 4.78 is 4.99. The van der Waals surface area contributed by atoms with E-state index < -0.39 is 6.49 Å². The van der Waals surface area contributed by atoms with Crippen LogP contribution < -0.4 is 15.9 Å². The van der Waals surface area contributed by atoms with Crippen LogP contribution in [0, 0.1) is 0 Å². The highest BCUT2D eigenvalue weighted by Crippen LogP contribution is 2.35. The Kier molecular flexibility index (Phi) is 8.67. The van der Waals surface area contributed by atoms with Crippen LogP contribution in [-0.2, 0) is 22.8 Å². The van der Waals surface area contributed by atoms with Crippen molar-refractivity contribution in [2.45, 2.75) is 33.2 Å². The van der Waals surface area contributed by atoms with Gasteiger partial charge in [-0.2, -0.15) is 0 Å². The highest BCUT2D eigenvalue weighted by Gasteiger charge is 2.03. The molecule has 0 aliphatic heterocycles. The fourth-order valence-corrected chi connectivity index (χ4v) is 3.64. The molecule has 0 heterocycles. The minimum atomic E-state index is -2.96. The second kappa shape index (κ2) is 9.96. The van der Waals surface area contributed by atoms with Crippen LogP contribution in [0.1, 0.15) is 37.9 Å². The van der Waals surface area contributed by atoms with E-state index >= 15 is 0 Å². The van der Waals surface area contributed by atoms with Crippen LogP contribution in [0.15, 0.2) is 54.6 Å². The molecule has 0 aromatic heterocycles. The maximum Gasteiger partial charge on any atom is 0.107 e. The van der Waals surface area contributed by atoms with Gasteiger partial charge in [-0.3, -0.25) is 0 Å². The lowest BCUT2D eigenvalue weighted by molar-refractivity contribution is -0.420. The minimum Gasteiger partial charge on any atom is -0.797 e. The molecule has 0 aliphatic rings. The number of aryl methyl sites for hydroxylation is 1. The van der Waals surface area contributed by atoms with Gasteiger partial charge in [-0.15, -0.1) is 0 Å². The number of benzene rings is 2. The average Bonchev–Trinajstić information content (AvgIpc) is 2.56. The molecule has 0 aliphatic carbocycles. The van der Waals surface area contributed by atoms with Crippen molar-refractivity contribution >= 4 is 23.6 Å². The summed E-state index contributed by atoms with van der Waals surface area (Å²) in [4.78, 5) is 11.6. The zero-order valence-electron chi connectivity index (χ0n) is 14.1. The highest BCUT2D eigenvalue weighted by atomic mass is 32.5. The first-order valence-electron chi connectivity index (χ1n) is 7.83. The average molecular weight is 351 g/mol. The van der Waals surface area contributed by atoms with Crippen LogP contribution in [0.5, 0.6) is 0 Å². The minimum absolute atomic E-state index is 0.385. The van der Waals surface area contributed by atoms with Crippen LogP contribution in [0.25, 0.3) is 0 Å². The van der Waals surface area contributed by atoms with Crippen molar-refractivity contribution in [1.29, 1.82) is 0 Å². The first-order chi connectivity index (χ1) is 10.9. The second-order valence-electron chi connectivity index (χ2n) is 5.25. The molecule has 0 bridgehead atoms. The van der Waals surface area contributed by atoms with Gasteiger partial charge in [0, 0.05) is 18.7 Å². The maximum atomic E-state index is 11.6. The number of quaternary nitrogens is 1. The molecular formula is C18H26NO2PS. The molecule has 5 heteroatoms. The van der Waals surface area contributed by atoms with E-state index in [0.717, 1.165) is 6.42 Å². The van der Waals surface area contributed by atoms with Gasteiger partial charge < -0.3 is 15.2 Å². The number of hydrogen-bond acceptors (Lipinski definition) is 3. The molecule has 0 amide bonds. The molecule has 3 nitrogen and oxygen atoms in total. The quantitative estimate of drug-likeness (QED) is 0.842. The van der Waals surface area contributed by atoms with E-state index in [1.807, 2.05) is 6.07 Å². The first kappa shape index (κ1) is 20.0. The molecule has 0 saturated carbocycles. The largest absolute Gasteiger partial charge is 0.797 e. The molecule has 2 aromatic carbocycles. The summed E-state index contributed by atoms with van der Waals surface area (Å²) in [5.74, 6) is 0. The highest BCUT2D eigenvalue weighted by molar-refractivity contribution is 8.12. The molecule has 23 heavy (non-hydrogen) atoms. The molecule has 0 radical (unpaired) electrons. The van der Waals surface area contributed by atoms with E-state index in [2.05, 4.69) is 43.8 Å². The summed E-state index contributed by atoms with van der Waals surface area (Å²) in [5, 5.41) is 0.599. The summed E-state index contributed by atoms with van der Waals surface area (Å²) in [5.41, 5.74) is 6.68. The molecular weight excluding hydrogens is 325 g/mol. The van der Waals surface area contributed by atoms with Crippen molar-refractivity contribution in [3.8, 4) is 0 Å². The van der Waals surface area contributed by atoms with Crippen molar-refractivity contribution < 1.29 is 15.2 Å². The Bertz CT molecular complexity index is 615. The summed E-state index contributed by atoms with van der Waals surface area (Å²) in [7, 11) is 0. The lowest BCUT2D eigenvalue weighted by atomic mass is 10.1. The molecule has 2 atom stereocenters. The Morgan fingerprint density at radius 3 is 2.09 bits per heavy atom.